The maximum atomic E-state index is 12.3. The van der Waals surface area contributed by atoms with Gasteiger partial charge in [-0.05, 0) is 36.8 Å². The predicted molar refractivity (Wildman–Crippen MR) is 98.1 cm³/mol. The summed E-state index contributed by atoms with van der Waals surface area (Å²) in [6.45, 7) is 1.93. The summed E-state index contributed by atoms with van der Waals surface area (Å²) in [6, 6.07) is 11.4. The van der Waals surface area contributed by atoms with Crippen LogP contribution in [0.1, 0.15) is 29.2 Å². The molecule has 0 fully saturated rings. The molecule has 1 aromatic carbocycles. The van der Waals surface area contributed by atoms with E-state index in [1.807, 2.05) is 31.2 Å². The Hall–Kier alpha value is -2.25. The molecule has 3 aromatic rings. The third-order valence-electron chi connectivity index (χ3n) is 4.21. The molecule has 0 aliphatic carbocycles. The van der Waals surface area contributed by atoms with Crippen LogP contribution in [0.5, 0.6) is 0 Å². The van der Waals surface area contributed by atoms with Gasteiger partial charge in [-0.3, -0.25) is 4.79 Å². The SMILES string of the molecule is Cc1nn(-c2ccc(Cl)nn2)c2c1[C@@H](c1ccc(Br)cc1)CC(=O)N2. The number of amides is 1. The lowest BCUT2D eigenvalue weighted by molar-refractivity contribution is -0.116. The second-order valence-electron chi connectivity index (χ2n) is 5.83. The normalized spacial score (nSPS) is 16.4. The van der Waals surface area contributed by atoms with Gasteiger partial charge in [0.1, 0.15) is 5.82 Å². The van der Waals surface area contributed by atoms with Crippen molar-refractivity contribution in [3.05, 3.63) is 62.8 Å². The Bertz CT molecular complexity index is 952. The van der Waals surface area contributed by atoms with Crippen molar-refractivity contribution in [2.24, 2.45) is 0 Å². The van der Waals surface area contributed by atoms with Crippen molar-refractivity contribution < 1.29 is 4.79 Å². The van der Waals surface area contributed by atoms with Gasteiger partial charge >= 0.3 is 0 Å². The molecule has 2 aromatic heterocycles. The lowest BCUT2D eigenvalue weighted by Gasteiger charge is -2.24. The zero-order chi connectivity index (χ0) is 17.6. The maximum absolute atomic E-state index is 12.3. The number of benzene rings is 1. The van der Waals surface area contributed by atoms with Gasteiger partial charge in [0.2, 0.25) is 5.91 Å². The number of carbonyl (C=O) groups is 1. The number of hydrogen-bond donors (Lipinski definition) is 1. The van der Waals surface area contributed by atoms with Crippen LogP contribution in [0.3, 0.4) is 0 Å². The number of nitrogens with zero attached hydrogens (tertiary/aromatic N) is 4. The number of carbonyl (C=O) groups excluding carboxylic acids is 1. The van der Waals surface area contributed by atoms with Gasteiger partial charge in [-0.2, -0.15) is 9.78 Å². The molecule has 1 atom stereocenters. The average Bonchev–Trinajstić information content (AvgIpc) is 2.92. The first-order chi connectivity index (χ1) is 12.0. The summed E-state index contributed by atoms with van der Waals surface area (Å²) in [6.07, 6.45) is 0.382. The number of nitrogens with one attached hydrogen (secondary N) is 1. The summed E-state index contributed by atoms with van der Waals surface area (Å²) in [4.78, 5) is 12.3. The van der Waals surface area contributed by atoms with Gasteiger partial charge in [-0.15, -0.1) is 10.2 Å². The number of aromatic nitrogens is 4. The highest BCUT2D eigenvalue weighted by atomic mass is 79.9. The molecule has 1 aliphatic heterocycles. The lowest BCUT2D eigenvalue weighted by atomic mass is 9.86. The number of aryl methyl sites for hydroxylation is 1. The molecule has 0 bridgehead atoms. The van der Waals surface area contributed by atoms with Crippen molar-refractivity contribution in [3.8, 4) is 5.82 Å². The first-order valence-corrected chi connectivity index (χ1v) is 8.84. The summed E-state index contributed by atoms with van der Waals surface area (Å²) in [5, 5.41) is 15.7. The number of hydrogen-bond acceptors (Lipinski definition) is 4. The van der Waals surface area contributed by atoms with E-state index in [4.69, 9.17) is 11.6 Å². The van der Waals surface area contributed by atoms with Gasteiger partial charge in [-0.1, -0.05) is 39.7 Å². The molecular weight excluding hydrogens is 406 g/mol. The van der Waals surface area contributed by atoms with E-state index in [1.54, 1.807) is 16.8 Å². The molecule has 3 heterocycles. The Morgan fingerprint density at radius 1 is 1.20 bits per heavy atom. The van der Waals surface area contributed by atoms with E-state index in [0.29, 0.717) is 23.2 Å². The second kappa shape index (κ2) is 6.24. The summed E-state index contributed by atoms with van der Waals surface area (Å²) in [5.74, 6) is 1.04. The standard InChI is InChI=1S/C17H13BrClN5O/c1-9-16-12(10-2-4-11(18)5-3-10)8-15(25)20-17(16)24(23-9)14-7-6-13(19)21-22-14/h2-7,12H,8H2,1H3,(H,20,25)/t12-/m1/s1. The number of anilines is 1. The highest BCUT2D eigenvalue weighted by molar-refractivity contribution is 9.10. The average molecular weight is 419 g/mol. The van der Waals surface area contributed by atoms with E-state index in [9.17, 15) is 4.79 Å². The summed E-state index contributed by atoms with van der Waals surface area (Å²) in [7, 11) is 0. The van der Waals surface area contributed by atoms with Gasteiger partial charge in [0.05, 0.1) is 5.69 Å². The second-order valence-corrected chi connectivity index (χ2v) is 7.13. The molecule has 1 aliphatic rings. The molecule has 0 saturated carbocycles. The fraction of sp³-hybridized carbons (Fsp3) is 0.176. The maximum Gasteiger partial charge on any atom is 0.226 e. The molecule has 126 valence electrons. The van der Waals surface area contributed by atoms with Crippen LogP contribution in [0.2, 0.25) is 5.15 Å². The Kier molecular flexibility index (Phi) is 4.05. The Balaban J connectivity index is 1.85. The monoisotopic (exact) mass is 417 g/mol. The smallest absolute Gasteiger partial charge is 0.226 e. The molecule has 0 spiro atoms. The van der Waals surface area contributed by atoms with Crippen molar-refractivity contribution >= 4 is 39.3 Å². The van der Waals surface area contributed by atoms with Crippen molar-refractivity contribution in [2.45, 2.75) is 19.3 Å². The van der Waals surface area contributed by atoms with E-state index < -0.39 is 0 Å². The van der Waals surface area contributed by atoms with Crippen LogP contribution in [0.4, 0.5) is 5.82 Å². The van der Waals surface area contributed by atoms with Crippen LogP contribution in [0, 0.1) is 6.92 Å². The van der Waals surface area contributed by atoms with E-state index >= 15 is 0 Å². The first kappa shape index (κ1) is 16.2. The van der Waals surface area contributed by atoms with Crippen LogP contribution in [0.25, 0.3) is 5.82 Å². The minimum atomic E-state index is -0.0523. The molecule has 1 amide bonds. The van der Waals surface area contributed by atoms with Crippen molar-refractivity contribution in [3.63, 3.8) is 0 Å². The molecule has 0 saturated heterocycles. The Morgan fingerprint density at radius 3 is 2.64 bits per heavy atom. The van der Waals surface area contributed by atoms with Gasteiger partial charge < -0.3 is 5.32 Å². The molecule has 8 heteroatoms. The third-order valence-corrected chi connectivity index (χ3v) is 4.94. The molecule has 6 nitrogen and oxygen atoms in total. The number of fused-ring (bicyclic) bond motifs is 1. The van der Waals surface area contributed by atoms with Gasteiger partial charge in [-0.25, -0.2) is 0 Å². The van der Waals surface area contributed by atoms with Crippen LogP contribution in [0.15, 0.2) is 40.9 Å². The molecule has 25 heavy (non-hydrogen) atoms. The van der Waals surface area contributed by atoms with E-state index in [0.717, 1.165) is 21.3 Å². The largest absolute Gasteiger partial charge is 0.310 e. The van der Waals surface area contributed by atoms with Crippen LogP contribution < -0.4 is 5.32 Å². The Labute approximate surface area is 157 Å². The molecule has 0 radical (unpaired) electrons. The molecule has 0 unspecified atom stereocenters. The lowest BCUT2D eigenvalue weighted by Crippen LogP contribution is -2.25. The first-order valence-electron chi connectivity index (χ1n) is 7.67. The third kappa shape index (κ3) is 2.94. The fourth-order valence-corrected chi connectivity index (χ4v) is 3.48. The minimum absolute atomic E-state index is 0.0501. The zero-order valence-electron chi connectivity index (χ0n) is 13.2. The summed E-state index contributed by atoms with van der Waals surface area (Å²) >= 11 is 9.26. The molecule has 4 rings (SSSR count). The molecule has 1 N–H and O–H groups in total. The highest BCUT2D eigenvalue weighted by Crippen LogP contribution is 2.40. The highest BCUT2D eigenvalue weighted by Gasteiger charge is 2.32. The van der Waals surface area contributed by atoms with E-state index in [2.05, 4.69) is 36.5 Å². The number of rotatable bonds is 2. The predicted octanol–water partition coefficient (Wildman–Crippen LogP) is 3.86. The van der Waals surface area contributed by atoms with Gasteiger partial charge in [0.15, 0.2) is 11.0 Å². The van der Waals surface area contributed by atoms with Crippen LogP contribution in [-0.2, 0) is 4.79 Å². The molecular formula is C17H13BrClN5O. The van der Waals surface area contributed by atoms with Crippen molar-refractivity contribution in [1.29, 1.82) is 0 Å². The van der Waals surface area contributed by atoms with Crippen molar-refractivity contribution in [1.82, 2.24) is 20.0 Å². The Morgan fingerprint density at radius 2 is 1.96 bits per heavy atom. The topological polar surface area (TPSA) is 72.7 Å². The zero-order valence-corrected chi connectivity index (χ0v) is 15.5. The van der Waals surface area contributed by atoms with Crippen LogP contribution >= 0.6 is 27.5 Å². The number of halogens is 2. The van der Waals surface area contributed by atoms with Crippen LogP contribution in [-0.4, -0.2) is 25.9 Å². The van der Waals surface area contributed by atoms with Gasteiger partial charge in [0, 0.05) is 22.4 Å². The fourth-order valence-electron chi connectivity index (χ4n) is 3.11. The summed E-state index contributed by atoms with van der Waals surface area (Å²) < 4.78 is 2.61. The quantitative estimate of drug-likeness (QED) is 0.686. The summed E-state index contributed by atoms with van der Waals surface area (Å²) in [5.41, 5.74) is 2.92. The van der Waals surface area contributed by atoms with Gasteiger partial charge in [0.25, 0.3) is 0 Å². The van der Waals surface area contributed by atoms with Crippen molar-refractivity contribution in [2.75, 3.05) is 5.32 Å². The minimum Gasteiger partial charge on any atom is -0.310 e. The van der Waals surface area contributed by atoms with E-state index in [-0.39, 0.29) is 11.8 Å². The van der Waals surface area contributed by atoms with E-state index in [1.165, 1.54) is 0 Å².